The Kier molecular flexibility index (Phi) is 4.51. The first-order valence-electron chi connectivity index (χ1n) is 5.97. The summed E-state index contributed by atoms with van der Waals surface area (Å²) in [5, 5.41) is 0. The Hall–Kier alpha value is -0.860. The van der Waals surface area contributed by atoms with Crippen LogP contribution in [0, 0.1) is 6.92 Å². The second-order valence-corrected chi connectivity index (χ2v) is 4.98. The molecule has 0 radical (unpaired) electrons. The van der Waals surface area contributed by atoms with E-state index < -0.39 is 0 Å². The fourth-order valence-corrected chi connectivity index (χ4v) is 2.08. The van der Waals surface area contributed by atoms with Crippen molar-refractivity contribution in [1.82, 2.24) is 4.90 Å². The predicted molar refractivity (Wildman–Crippen MR) is 70.5 cm³/mol. The molecule has 1 aromatic carbocycles. The molecule has 0 aliphatic carbocycles. The van der Waals surface area contributed by atoms with Gasteiger partial charge in [-0.25, -0.2) is 0 Å². The molecule has 2 N–H and O–H groups in total. The molecule has 1 rings (SSSR count). The van der Waals surface area contributed by atoms with E-state index in [1.54, 1.807) is 0 Å². The molecule has 2 atom stereocenters. The second-order valence-electron chi connectivity index (χ2n) is 4.98. The smallest absolute Gasteiger partial charge is 0.0496 e. The van der Waals surface area contributed by atoms with Gasteiger partial charge in [-0.3, -0.25) is 4.90 Å². The largest absolute Gasteiger partial charge is 0.326 e. The van der Waals surface area contributed by atoms with E-state index in [0.717, 1.165) is 0 Å². The van der Waals surface area contributed by atoms with Crippen LogP contribution < -0.4 is 5.73 Å². The predicted octanol–water partition coefficient (Wildman–Crippen LogP) is 2.72. The molecule has 0 bridgehead atoms. The summed E-state index contributed by atoms with van der Waals surface area (Å²) in [4.78, 5) is 2.33. The number of rotatable bonds is 4. The molecule has 0 aromatic heterocycles. The molecule has 0 saturated heterocycles. The zero-order valence-corrected chi connectivity index (χ0v) is 11.1. The summed E-state index contributed by atoms with van der Waals surface area (Å²) in [6, 6.07) is 9.55. The van der Waals surface area contributed by atoms with Gasteiger partial charge in [-0.1, -0.05) is 29.8 Å². The highest BCUT2D eigenvalue weighted by Gasteiger charge is 2.22. The molecule has 1 aromatic rings. The highest BCUT2D eigenvalue weighted by atomic mass is 15.2. The van der Waals surface area contributed by atoms with Crippen LogP contribution in [0.25, 0.3) is 0 Å². The van der Waals surface area contributed by atoms with Crippen LogP contribution in [-0.2, 0) is 0 Å². The summed E-state index contributed by atoms with van der Waals surface area (Å²) in [6.45, 7) is 8.60. The van der Waals surface area contributed by atoms with Crippen molar-refractivity contribution in [2.45, 2.75) is 45.8 Å². The average Bonchev–Trinajstić information content (AvgIpc) is 2.17. The van der Waals surface area contributed by atoms with E-state index in [-0.39, 0.29) is 6.04 Å². The van der Waals surface area contributed by atoms with Crippen LogP contribution in [0.1, 0.15) is 37.9 Å². The van der Waals surface area contributed by atoms with Gasteiger partial charge in [0, 0.05) is 18.1 Å². The third kappa shape index (κ3) is 3.06. The number of nitrogens with two attached hydrogens (primary N) is 1. The number of hydrogen-bond donors (Lipinski definition) is 1. The van der Waals surface area contributed by atoms with Crippen LogP contribution in [0.2, 0.25) is 0 Å². The van der Waals surface area contributed by atoms with Crippen molar-refractivity contribution >= 4 is 0 Å². The lowest BCUT2D eigenvalue weighted by Crippen LogP contribution is -2.40. The van der Waals surface area contributed by atoms with Gasteiger partial charge in [-0.2, -0.15) is 0 Å². The highest BCUT2D eigenvalue weighted by molar-refractivity contribution is 5.26. The molecule has 0 spiro atoms. The first-order chi connectivity index (χ1) is 7.43. The van der Waals surface area contributed by atoms with Gasteiger partial charge in [0.05, 0.1) is 0 Å². The minimum atomic E-state index is 0.134. The molecule has 90 valence electrons. The Bertz CT molecular complexity index is 331. The molecule has 2 nitrogen and oxygen atoms in total. The average molecular weight is 220 g/mol. The van der Waals surface area contributed by atoms with Crippen LogP contribution in [-0.4, -0.2) is 24.0 Å². The lowest BCUT2D eigenvalue weighted by Gasteiger charge is -2.34. The van der Waals surface area contributed by atoms with Gasteiger partial charge in [-0.15, -0.1) is 0 Å². The number of aryl methyl sites for hydroxylation is 1. The first-order valence-corrected chi connectivity index (χ1v) is 5.97. The van der Waals surface area contributed by atoms with Gasteiger partial charge in [-0.05, 0) is 40.3 Å². The van der Waals surface area contributed by atoms with E-state index in [0.29, 0.717) is 12.1 Å². The normalized spacial score (nSPS) is 15.5. The maximum absolute atomic E-state index is 6.12. The Morgan fingerprint density at radius 3 is 2.25 bits per heavy atom. The summed E-state index contributed by atoms with van der Waals surface area (Å²) in [5.74, 6) is 0. The monoisotopic (exact) mass is 220 g/mol. The van der Waals surface area contributed by atoms with Crippen LogP contribution in [0.15, 0.2) is 24.3 Å². The van der Waals surface area contributed by atoms with Gasteiger partial charge < -0.3 is 5.73 Å². The molecule has 0 fully saturated rings. The van der Waals surface area contributed by atoms with Crippen molar-refractivity contribution < 1.29 is 0 Å². The summed E-state index contributed by atoms with van der Waals surface area (Å²) < 4.78 is 0. The molecule has 0 aliphatic rings. The maximum atomic E-state index is 6.12. The van der Waals surface area contributed by atoms with Gasteiger partial charge >= 0.3 is 0 Å². The fraction of sp³-hybridized carbons (Fsp3) is 0.571. The second kappa shape index (κ2) is 5.46. The summed E-state index contributed by atoms with van der Waals surface area (Å²) in [6.07, 6.45) is 0. The minimum absolute atomic E-state index is 0.134. The SMILES string of the molecule is Cc1cccc(C(C(C)N)N(C)C(C)C)c1. The van der Waals surface area contributed by atoms with Gasteiger partial charge in [0.15, 0.2) is 0 Å². The highest BCUT2D eigenvalue weighted by Crippen LogP contribution is 2.24. The van der Waals surface area contributed by atoms with Crippen LogP contribution in [0.4, 0.5) is 0 Å². The van der Waals surface area contributed by atoms with Crippen molar-refractivity contribution in [1.29, 1.82) is 0 Å². The topological polar surface area (TPSA) is 29.3 Å². The molecule has 0 saturated carbocycles. The van der Waals surface area contributed by atoms with Crippen molar-refractivity contribution in [3.05, 3.63) is 35.4 Å². The van der Waals surface area contributed by atoms with E-state index in [4.69, 9.17) is 5.73 Å². The number of benzene rings is 1. The van der Waals surface area contributed by atoms with Gasteiger partial charge in [0.1, 0.15) is 0 Å². The number of nitrogens with zero attached hydrogens (tertiary/aromatic N) is 1. The van der Waals surface area contributed by atoms with E-state index in [2.05, 4.69) is 63.9 Å². The molecule has 2 unspecified atom stereocenters. The molecule has 0 amide bonds. The molecule has 16 heavy (non-hydrogen) atoms. The summed E-state index contributed by atoms with van der Waals surface area (Å²) in [7, 11) is 2.14. The molecular formula is C14H24N2. The maximum Gasteiger partial charge on any atom is 0.0496 e. The van der Waals surface area contributed by atoms with Crippen molar-refractivity contribution in [2.75, 3.05) is 7.05 Å². The van der Waals surface area contributed by atoms with Crippen LogP contribution in [0.3, 0.4) is 0 Å². The molecule has 0 heterocycles. The molecule has 2 heteroatoms. The van der Waals surface area contributed by atoms with E-state index in [9.17, 15) is 0 Å². The van der Waals surface area contributed by atoms with Crippen LogP contribution >= 0.6 is 0 Å². The fourth-order valence-electron chi connectivity index (χ4n) is 2.08. The Morgan fingerprint density at radius 2 is 1.81 bits per heavy atom. The third-order valence-corrected chi connectivity index (χ3v) is 3.13. The van der Waals surface area contributed by atoms with Crippen molar-refractivity contribution in [2.24, 2.45) is 5.73 Å². The van der Waals surface area contributed by atoms with Crippen molar-refractivity contribution in [3.63, 3.8) is 0 Å². The number of hydrogen-bond acceptors (Lipinski definition) is 2. The Morgan fingerprint density at radius 1 is 1.19 bits per heavy atom. The summed E-state index contributed by atoms with van der Waals surface area (Å²) >= 11 is 0. The lowest BCUT2D eigenvalue weighted by molar-refractivity contribution is 0.175. The summed E-state index contributed by atoms with van der Waals surface area (Å²) in [5.41, 5.74) is 8.72. The molecule has 0 aliphatic heterocycles. The zero-order valence-electron chi connectivity index (χ0n) is 11.1. The Labute approximate surface area is 99.5 Å². The number of likely N-dealkylation sites (N-methyl/N-ethyl adjacent to an activating group) is 1. The lowest BCUT2D eigenvalue weighted by atomic mass is 9.97. The van der Waals surface area contributed by atoms with Crippen molar-refractivity contribution in [3.8, 4) is 0 Å². The Balaban J connectivity index is 3.03. The quantitative estimate of drug-likeness (QED) is 0.845. The molecular weight excluding hydrogens is 196 g/mol. The first kappa shape index (κ1) is 13.2. The zero-order chi connectivity index (χ0) is 12.3. The van der Waals surface area contributed by atoms with E-state index >= 15 is 0 Å². The van der Waals surface area contributed by atoms with Gasteiger partial charge in [0.25, 0.3) is 0 Å². The third-order valence-electron chi connectivity index (χ3n) is 3.13. The van der Waals surface area contributed by atoms with Gasteiger partial charge in [0.2, 0.25) is 0 Å². The standard InChI is InChI=1S/C14H24N2/c1-10(2)16(5)14(12(4)15)13-8-6-7-11(3)9-13/h6-10,12,14H,15H2,1-5H3. The minimum Gasteiger partial charge on any atom is -0.326 e. The van der Waals surface area contributed by atoms with E-state index in [1.165, 1.54) is 11.1 Å². The van der Waals surface area contributed by atoms with E-state index in [1.807, 2.05) is 0 Å². The van der Waals surface area contributed by atoms with Crippen LogP contribution in [0.5, 0.6) is 0 Å².